The molecule has 0 amide bonds. The highest BCUT2D eigenvalue weighted by atomic mass is 15.1. The van der Waals surface area contributed by atoms with Crippen molar-refractivity contribution in [1.82, 2.24) is 14.9 Å². The van der Waals surface area contributed by atoms with Gasteiger partial charge in [-0.05, 0) is 38.9 Å². The van der Waals surface area contributed by atoms with Gasteiger partial charge in [0.2, 0.25) is 0 Å². The number of fused-ring (bicyclic) bond motifs is 1. The predicted molar refractivity (Wildman–Crippen MR) is 81.6 cm³/mol. The highest BCUT2D eigenvalue weighted by Gasteiger charge is 2.12. The third-order valence-corrected chi connectivity index (χ3v) is 3.31. The van der Waals surface area contributed by atoms with Crippen molar-refractivity contribution in [3.63, 3.8) is 0 Å². The van der Waals surface area contributed by atoms with Crippen molar-refractivity contribution in [2.24, 2.45) is 0 Å². The van der Waals surface area contributed by atoms with E-state index in [9.17, 15) is 0 Å². The normalized spacial score (nSPS) is 11.9. The van der Waals surface area contributed by atoms with Crippen molar-refractivity contribution in [3.8, 4) is 0 Å². The Labute approximate surface area is 116 Å². The number of imidazole rings is 1. The first-order valence-corrected chi connectivity index (χ1v) is 7.29. The Morgan fingerprint density at radius 2 is 1.89 bits per heavy atom. The molecule has 3 nitrogen and oxygen atoms in total. The third kappa shape index (κ3) is 3.35. The third-order valence-electron chi connectivity index (χ3n) is 3.31. The minimum atomic E-state index is 0.459. The van der Waals surface area contributed by atoms with Gasteiger partial charge in [0.25, 0.3) is 0 Å². The van der Waals surface area contributed by atoms with Crippen LogP contribution in [0.1, 0.15) is 46.0 Å². The van der Waals surface area contributed by atoms with Crippen molar-refractivity contribution < 1.29 is 0 Å². The summed E-state index contributed by atoms with van der Waals surface area (Å²) < 4.78 is 2.37. The van der Waals surface area contributed by atoms with Gasteiger partial charge in [0.15, 0.2) is 0 Å². The van der Waals surface area contributed by atoms with Crippen LogP contribution in [0, 0.1) is 0 Å². The second-order valence-corrected chi connectivity index (χ2v) is 5.69. The van der Waals surface area contributed by atoms with E-state index in [0.29, 0.717) is 12.1 Å². The second-order valence-electron chi connectivity index (χ2n) is 5.69. The summed E-state index contributed by atoms with van der Waals surface area (Å²) in [4.78, 5) is 4.79. The first kappa shape index (κ1) is 14.1. The smallest absolute Gasteiger partial charge is 0.110 e. The van der Waals surface area contributed by atoms with Gasteiger partial charge in [-0.1, -0.05) is 26.0 Å². The molecule has 0 aliphatic heterocycles. The molecule has 0 saturated heterocycles. The van der Waals surface area contributed by atoms with E-state index in [1.165, 1.54) is 11.3 Å². The maximum Gasteiger partial charge on any atom is 0.110 e. The number of aryl methyl sites for hydroxylation is 1. The molecule has 0 saturated carbocycles. The standard InChI is InChI=1S/C16H25N3/c1-12(2)17-11-7-10-16-18-14-8-5-6-9-15(14)19(16)13(3)4/h5-6,8-9,12-13,17H,7,10-11H2,1-4H3. The van der Waals surface area contributed by atoms with Gasteiger partial charge >= 0.3 is 0 Å². The molecule has 0 unspecified atom stereocenters. The minimum absolute atomic E-state index is 0.459. The molecule has 1 N–H and O–H groups in total. The van der Waals surface area contributed by atoms with Gasteiger partial charge in [0.1, 0.15) is 5.82 Å². The van der Waals surface area contributed by atoms with E-state index in [0.717, 1.165) is 24.9 Å². The van der Waals surface area contributed by atoms with Gasteiger partial charge in [0, 0.05) is 18.5 Å². The molecule has 104 valence electrons. The molecular formula is C16H25N3. The summed E-state index contributed by atoms with van der Waals surface area (Å²) >= 11 is 0. The van der Waals surface area contributed by atoms with Gasteiger partial charge in [-0.2, -0.15) is 0 Å². The van der Waals surface area contributed by atoms with E-state index < -0.39 is 0 Å². The van der Waals surface area contributed by atoms with Gasteiger partial charge in [0.05, 0.1) is 11.0 Å². The van der Waals surface area contributed by atoms with Crippen LogP contribution in [0.4, 0.5) is 0 Å². The Kier molecular flexibility index (Phi) is 4.59. The zero-order valence-electron chi connectivity index (χ0n) is 12.5. The average Bonchev–Trinajstić information content (AvgIpc) is 2.72. The van der Waals surface area contributed by atoms with Gasteiger partial charge in [-0.3, -0.25) is 0 Å². The summed E-state index contributed by atoms with van der Waals surface area (Å²) in [6, 6.07) is 9.43. The zero-order valence-corrected chi connectivity index (χ0v) is 12.5. The van der Waals surface area contributed by atoms with Crippen molar-refractivity contribution in [2.45, 2.75) is 52.6 Å². The highest BCUT2D eigenvalue weighted by Crippen LogP contribution is 2.21. The lowest BCUT2D eigenvalue weighted by molar-refractivity contribution is 0.541. The van der Waals surface area contributed by atoms with Crippen LogP contribution in [0.25, 0.3) is 11.0 Å². The monoisotopic (exact) mass is 259 g/mol. The summed E-state index contributed by atoms with van der Waals surface area (Å²) in [6.07, 6.45) is 2.17. The molecular weight excluding hydrogens is 234 g/mol. The predicted octanol–water partition coefficient (Wildman–Crippen LogP) is 3.55. The van der Waals surface area contributed by atoms with Crippen LogP contribution in [0.15, 0.2) is 24.3 Å². The molecule has 0 spiro atoms. The Morgan fingerprint density at radius 1 is 1.16 bits per heavy atom. The Morgan fingerprint density at radius 3 is 2.58 bits per heavy atom. The van der Waals surface area contributed by atoms with Crippen LogP contribution >= 0.6 is 0 Å². The average molecular weight is 259 g/mol. The van der Waals surface area contributed by atoms with Crippen LogP contribution < -0.4 is 5.32 Å². The van der Waals surface area contributed by atoms with E-state index in [1.807, 2.05) is 0 Å². The summed E-state index contributed by atoms with van der Waals surface area (Å²) in [7, 11) is 0. The molecule has 2 aromatic rings. The fourth-order valence-electron chi connectivity index (χ4n) is 2.48. The van der Waals surface area contributed by atoms with Crippen molar-refractivity contribution >= 4 is 11.0 Å². The van der Waals surface area contributed by atoms with E-state index in [1.54, 1.807) is 0 Å². The Bertz CT molecular complexity index is 526. The molecule has 0 fully saturated rings. The summed E-state index contributed by atoms with van der Waals surface area (Å²) in [6.45, 7) is 9.87. The molecule has 0 radical (unpaired) electrons. The van der Waals surface area contributed by atoms with Gasteiger partial charge in [-0.25, -0.2) is 4.98 Å². The summed E-state index contributed by atoms with van der Waals surface area (Å²) in [5.74, 6) is 1.21. The molecule has 0 bridgehead atoms. The maximum absolute atomic E-state index is 4.79. The molecule has 0 atom stereocenters. The number of benzene rings is 1. The van der Waals surface area contributed by atoms with Crippen molar-refractivity contribution in [3.05, 3.63) is 30.1 Å². The molecule has 2 rings (SSSR count). The fraction of sp³-hybridized carbons (Fsp3) is 0.562. The van der Waals surface area contributed by atoms with Crippen LogP contribution in [-0.2, 0) is 6.42 Å². The van der Waals surface area contributed by atoms with Crippen LogP contribution in [-0.4, -0.2) is 22.1 Å². The first-order valence-electron chi connectivity index (χ1n) is 7.29. The van der Waals surface area contributed by atoms with Crippen molar-refractivity contribution in [2.75, 3.05) is 6.54 Å². The van der Waals surface area contributed by atoms with E-state index in [-0.39, 0.29) is 0 Å². The topological polar surface area (TPSA) is 29.9 Å². The van der Waals surface area contributed by atoms with Crippen molar-refractivity contribution in [1.29, 1.82) is 0 Å². The number of hydrogen-bond acceptors (Lipinski definition) is 2. The second kappa shape index (κ2) is 6.20. The number of rotatable bonds is 6. The summed E-state index contributed by atoms with van der Waals surface area (Å²) in [5, 5.41) is 3.46. The minimum Gasteiger partial charge on any atom is -0.325 e. The molecule has 1 aromatic heterocycles. The molecule has 1 aromatic carbocycles. The quantitative estimate of drug-likeness (QED) is 0.804. The van der Waals surface area contributed by atoms with Gasteiger partial charge < -0.3 is 9.88 Å². The molecule has 0 aliphatic carbocycles. The van der Waals surface area contributed by atoms with Crippen LogP contribution in [0.5, 0.6) is 0 Å². The fourth-order valence-corrected chi connectivity index (χ4v) is 2.48. The number of nitrogens with zero attached hydrogens (tertiary/aromatic N) is 2. The Hall–Kier alpha value is -1.35. The molecule has 3 heteroatoms. The maximum atomic E-state index is 4.79. The number of hydrogen-bond donors (Lipinski definition) is 1. The van der Waals surface area contributed by atoms with E-state index in [2.05, 4.69) is 61.8 Å². The number of nitrogens with one attached hydrogen (secondary N) is 1. The highest BCUT2D eigenvalue weighted by molar-refractivity contribution is 5.76. The Balaban J connectivity index is 2.15. The SMILES string of the molecule is CC(C)NCCCc1nc2ccccc2n1C(C)C. The summed E-state index contributed by atoms with van der Waals surface area (Å²) in [5.41, 5.74) is 2.37. The molecule has 1 heterocycles. The van der Waals surface area contributed by atoms with Gasteiger partial charge in [-0.15, -0.1) is 0 Å². The molecule has 19 heavy (non-hydrogen) atoms. The number of aromatic nitrogens is 2. The largest absolute Gasteiger partial charge is 0.325 e. The van der Waals surface area contributed by atoms with Crippen LogP contribution in [0.2, 0.25) is 0 Å². The molecule has 0 aliphatic rings. The zero-order chi connectivity index (χ0) is 13.8. The lowest BCUT2D eigenvalue weighted by Crippen LogP contribution is -2.24. The lowest BCUT2D eigenvalue weighted by Gasteiger charge is -2.13. The van der Waals surface area contributed by atoms with Crippen LogP contribution in [0.3, 0.4) is 0 Å². The lowest BCUT2D eigenvalue weighted by atomic mass is 10.2. The van der Waals surface area contributed by atoms with E-state index in [4.69, 9.17) is 4.98 Å². The number of para-hydroxylation sites is 2. The van der Waals surface area contributed by atoms with E-state index >= 15 is 0 Å². The first-order chi connectivity index (χ1) is 9.09.